The van der Waals surface area contributed by atoms with Crippen LogP contribution < -0.4 is 15.5 Å². The molecule has 1 amide bonds. The number of hydrogen-bond donors (Lipinski definition) is 1. The highest BCUT2D eigenvalue weighted by molar-refractivity contribution is 5.90. The van der Waals surface area contributed by atoms with E-state index in [0.717, 1.165) is 0 Å². The van der Waals surface area contributed by atoms with Crippen molar-refractivity contribution in [3.05, 3.63) is 24.0 Å². The highest BCUT2D eigenvalue weighted by atomic mass is 19.1. The van der Waals surface area contributed by atoms with Gasteiger partial charge >= 0.3 is 6.09 Å². The highest BCUT2D eigenvalue weighted by Gasteiger charge is 2.32. The Morgan fingerprint density at radius 2 is 2.15 bits per heavy atom. The Morgan fingerprint density at radius 3 is 2.81 bits per heavy atom. The Bertz CT molecular complexity index is 687. The van der Waals surface area contributed by atoms with Gasteiger partial charge in [0, 0.05) is 26.2 Å². The minimum absolute atomic E-state index is 0.0160. The summed E-state index contributed by atoms with van der Waals surface area (Å²) in [5.41, 5.74) is 6.40. The molecule has 2 heterocycles. The third kappa shape index (κ3) is 4.12. The average Bonchev–Trinajstić information content (AvgIpc) is 2.83. The maximum absolute atomic E-state index is 14.7. The zero-order valence-electron chi connectivity index (χ0n) is 14.7. The van der Waals surface area contributed by atoms with Crippen molar-refractivity contribution in [2.45, 2.75) is 13.0 Å². The van der Waals surface area contributed by atoms with Crippen LogP contribution in [-0.4, -0.2) is 68.9 Å². The van der Waals surface area contributed by atoms with E-state index in [0.29, 0.717) is 44.2 Å². The van der Waals surface area contributed by atoms with E-state index < -0.39 is 11.9 Å². The normalized spacial score (nSPS) is 21.7. The number of ether oxygens (including phenoxy) is 1. The van der Waals surface area contributed by atoms with Crippen molar-refractivity contribution in [1.82, 2.24) is 5.06 Å². The second-order valence-corrected chi connectivity index (χ2v) is 6.37. The predicted molar refractivity (Wildman–Crippen MR) is 93.5 cm³/mol. The van der Waals surface area contributed by atoms with Crippen LogP contribution in [0.5, 0.6) is 0 Å². The molecular weight excluding hydrogens is 343 g/mol. The maximum Gasteiger partial charge on any atom is 0.414 e. The summed E-state index contributed by atoms with van der Waals surface area (Å²) in [6.45, 7) is 4.16. The number of benzene rings is 1. The Hall–Kier alpha value is -2.23. The number of ketones is 1. The number of nitrogens with two attached hydrogens (primary N) is 1. The van der Waals surface area contributed by atoms with E-state index in [9.17, 15) is 14.0 Å². The topological polar surface area (TPSA) is 88.3 Å². The molecule has 1 atom stereocenters. The minimum Gasteiger partial charge on any atom is -0.443 e. The minimum atomic E-state index is -0.518. The molecule has 0 aromatic heterocycles. The molecule has 2 aliphatic rings. The first kappa shape index (κ1) is 18.6. The van der Waals surface area contributed by atoms with Crippen LogP contribution in [0.2, 0.25) is 0 Å². The lowest BCUT2D eigenvalue weighted by Gasteiger charge is -2.23. The zero-order chi connectivity index (χ0) is 18.7. The van der Waals surface area contributed by atoms with Gasteiger partial charge in [-0.15, -0.1) is 0 Å². The maximum atomic E-state index is 14.7. The largest absolute Gasteiger partial charge is 0.443 e. The number of anilines is 2. The quantitative estimate of drug-likeness (QED) is 0.823. The van der Waals surface area contributed by atoms with E-state index in [1.807, 2.05) is 4.90 Å². The lowest BCUT2D eigenvalue weighted by molar-refractivity contribution is -0.157. The number of amides is 1. The summed E-state index contributed by atoms with van der Waals surface area (Å²) >= 11 is 0. The van der Waals surface area contributed by atoms with Gasteiger partial charge in [0.15, 0.2) is 0 Å². The Labute approximate surface area is 151 Å². The van der Waals surface area contributed by atoms with Crippen LogP contribution in [-0.2, 0) is 14.4 Å². The Morgan fingerprint density at radius 1 is 1.35 bits per heavy atom. The zero-order valence-corrected chi connectivity index (χ0v) is 14.7. The number of cyclic esters (lactones) is 1. The van der Waals surface area contributed by atoms with Crippen LogP contribution in [0, 0.1) is 5.82 Å². The SMILES string of the molecule is CC(=O)CN1CCN(c2ccc(N3C[C@H](CN)OC3=O)cc2F)CCO1. The van der Waals surface area contributed by atoms with Crippen LogP contribution in [0.25, 0.3) is 0 Å². The first-order chi connectivity index (χ1) is 12.5. The molecule has 9 heteroatoms. The molecule has 2 fully saturated rings. The van der Waals surface area contributed by atoms with Gasteiger partial charge in [-0.05, 0) is 25.1 Å². The number of nitrogens with zero attached hydrogens (tertiary/aromatic N) is 3. The number of Topliss-reactive ketones (excluding diaryl/α,β-unsaturated/α-hetero) is 1. The third-order valence-corrected chi connectivity index (χ3v) is 4.37. The first-order valence-electron chi connectivity index (χ1n) is 8.58. The van der Waals surface area contributed by atoms with Gasteiger partial charge in [-0.3, -0.25) is 14.5 Å². The average molecular weight is 366 g/mol. The summed E-state index contributed by atoms with van der Waals surface area (Å²) in [6, 6.07) is 4.67. The van der Waals surface area contributed by atoms with Crippen molar-refractivity contribution in [3.8, 4) is 0 Å². The number of carbonyl (C=O) groups excluding carboxylic acids is 2. The van der Waals surface area contributed by atoms with Gasteiger partial charge in [-0.1, -0.05) is 0 Å². The highest BCUT2D eigenvalue weighted by Crippen LogP contribution is 2.28. The number of carbonyl (C=O) groups is 2. The fraction of sp³-hybridized carbons (Fsp3) is 0.529. The summed E-state index contributed by atoms with van der Waals surface area (Å²) in [6.07, 6.45) is -0.893. The second kappa shape index (κ2) is 7.98. The molecular formula is C17H23FN4O4. The summed E-state index contributed by atoms with van der Waals surface area (Å²) in [4.78, 5) is 31.9. The van der Waals surface area contributed by atoms with Crippen molar-refractivity contribution in [3.63, 3.8) is 0 Å². The summed E-state index contributed by atoms with van der Waals surface area (Å²) in [7, 11) is 0. The van der Waals surface area contributed by atoms with Gasteiger partial charge in [0.25, 0.3) is 0 Å². The molecule has 1 aromatic carbocycles. The van der Waals surface area contributed by atoms with Crippen LogP contribution in [0.1, 0.15) is 6.92 Å². The summed E-state index contributed by atoms with van der Waals surface area (Å²) in [5, 5.41) is 1.60. The second-order valence-electron chi connectivity index (χ2n) is 6.37. The standard InChI is InChI=1S/C17H23FN4O4/c1-12(23)10-21-5-4-20(6-7-25-21)16-3-2-13(8-15(16)18)22-11-14(9-19)26-17(22)24/h2-3,8,14H,4-7,9-11,19H2,1H3/t14-/m0/s1. The van der Waals surface area contributed by atoms with E-state index >= 15 is 0 Å². The van der Waals surface area contributed by atoms with E-state index in [1.165, 1.54) is 17.9 Å². The molecule has 0 aliphatic carbocycles. The van der Waals surface area contributed by atoms with Crippen molar-refractivity contribution in [1.29, 1.82) is 0 Å². The first-order valence-corrected chi connectivity index (χ1v) is 8.58. The summed E-state index contributed by atoms with van der Waals surface area (Å²) < 4.78 is 19.8. The van der Waals surface area contributed by atoms with Gasteiger partial charge in [0.05, 0.1) is 31.1 Å². The van der Waals surface area contributed by atoms with Gasteiger partial charge < -0.3 is 15.4 Å². The lowest BCUT2D eigenvalue weighted by atomic mass is 10.2. The van der Waals surface area contributed by atoms with Crippen LogP contribution >= 0.6 is 0 Å². The van der Waals surface area contributed by atoms with Crippen molar-refractivity contribution >= 4 is 23.3 Å². The van der Waals surface area contributed by atoms with Crippen LogP contribution in [0.4, 0.5) is 20.6 Å². The van der Waals surface area contributed by atoms with Crippen molar-refractivity contribution in [2.24, 2.45) is 5.73 Å². The molecule has 2 saturated heterocycles. The van der Waals surface area contributed by atoms with Crippen LogP contribution in [0.3, 0.4) is 0 Å². The van der Waals surface area contributed by atoms with Gasteiger partial charge in [-0.2, -0.15) is 5.06 Å². The molecule has 2 aliphatic heterocycles. The number of halogens is 1. The molecule has 0 bridgehead atoms. The van der Waals surface area contributed by atoms with Gasteiger partial charge in [0.2, 0.25) is 0 Å². The van der Waals surface area contributed by atoms with E-state index in [4.69, 9.17) is 15.3 Å². The number of rotatable bonds is 5. The molecule has 26 heavy (non-hydrogen) atoms. The molecule has 1 aromatic rings. The van der Waals surface area contributed by atoms with Crippen molar-refractivity contribution in [2.75, 3.05) is 55.7 Å². The molecule has 0 spiro atoms. The van der Waals surface area contributed by atoms with E-state index in [-0.39, 0.29) is 25.0 Å². The fourth-order valence-electron chi connectivity index (χ4n) is 3.08. The smallest absolute Gasteiger partial charge is 0.414 e. The molecule has 0 radical (unpaired) electrons. The lowest BCUT2D eigenvalue weighted by Crippen LogP contribution is -2.33. The molecule has 2 N–H and O–H groups in total. The predicted octanol–water partition coefficient (Wildman–Crippen LogP) is 0.752. The molecule has 8 nitrogen and oxygen atoms in total. The summed E-state index contributed by atoms with van der Waals surface area (Å²) in [5.74, 6) is -0.409. The molecule has 0 saturated carbocycles. The van der Waals surface area contributed by atoms with Crippen molar-refractivity contribution < 1.29 is 23.6 Å². The third-order valence-electron chi connectivity index (χ3n) is 4.37. The number of hydrogen-bond acceptors (Lipinski definition) is 7. The van der Waals surface area contributed by atoms with E-state index in [2.05, 4.69) is 0 Å². The molecule has 3 rings (SSSR count). The Balaban J connectivity index is 1.70. The van der Waals surface area contributed by atoms with Gasteiger partial charge in [0.1, 0.15) is 17.7 Å². The molecule has 0 unspecified atom stereocenters. The number of hydroxylamine groups is 2. The fourth-order valence-corrected chi connectivity index (χ4v) is 3.08. The monoisotopic (exact) mass is 366 g/mol. The molecule has 142 valence electrons. The Kier molecular flexibility index (Phi) is 5.70. The van der Waals surface area contributed by atoms with Crippen LogP contribution in [0.15, 0.2) is 18.2 Å². The van der Waals surface area contributed by atoms with E-state index in [1.54, 1.807) is 17.2 Å². The van der Waals surface area contributed by atoms with Gasteiger partial charge in [-0.25, -0.2) is 9.18 Å².